The monoisotopic (exact) mass is 356 g/mol. The highest BCUT2D eigenvalue weighted by atomic mass is 16.6. The maximum Gasteiger partial charge on any atom is 0.321 e. The summed E-state index contributed by atoms with van der Waals surface area (Å²) in [7, 11) is 0. The fourth-order valence-electron chi connectivity index (χ4n) is 3.63. The molecular formula is C17H28N2O6. The second-order valence-corrected chi connectivity index (χ2v) is 7.01. The molecule has 8 heteroatoms. The van der Waals surface area contributed by atoms with E-state index in [1.807, 2.05) is 6.92 Å². The Morgan fingerprint density at radius 1 is 1.24 bits per heavy atom. The molecule has 2 aliphatic rings. The minimum Gasteiger partial charge on any atom is -0.481 e. The molecule has 2 aliphatic heterocycles. The van der Waals surface area contributed by atoms with Crippen molar-refractivity contribution in [2.24, 2.45) is 17.6 Å². The van der Waals surface area contributed by atoms with Gasteiger partial charge in [-0.2, -0.15) is 0 Å². The van der Waals surface area contributed by atoms with Crippen molar-refractivity contribution in [2.75, 3.05) is 13.2 Å². The highest BCUT2D eigenvalue weighted by molar-refractivity contribution is 6.01. The number of imide groups is 1. The van der Waals surface area contributed by atoms with Crippen LogP contribution in [0.4, 0.5) is 4.79 Å². The summed E-state index contributed by atoms with van der Waals surface area (Å²) in [6.45, 7) is 5.47. The Bertz CT molecular complexity index is 503. The third-order valence-corrected chi connectivity index (χ3v) is 5.05. The predicted molar refractivity (Wildman–Crippen MR) is 88.7 cm³/mol. The number of aliphatic carboxylic acids is 1. The van der Waals surface area contributed by atoms with Gasteiger partial charge >= 0.3 is 12.0 Å². The molecule has 3 amide bonds. The Balaban J connectivity index is 2.15. The minimum absolute atomic E-state index is 0.0312. The zero-order valence-electron chi connectivity index (χ0n) is 14.8. The van der Waals surface area contributed by atoms with Crippen LogP contribution in [-0.4, -0.2) is 59.4 Å². The average molecular weight is 356 g/mol. The number of nitrogens with zero attached hydrogens (tertiary/aromatic N) is 1. The Morgan fingerprint density at radius 2 is 1.84 bits per heavy atom. The Kier molecular flexibility index (Phi) is 6.78. The SMILES string of the molecule is CCC(C(CCC1CO1)C(C)CC1CO1)N(C(N)=O)C(=O)CC(=O)O. The molecule has 2 rings (SSSR count). The third-order valence-electron chi connectivity index (χ3n) is 5.05. The van der Waals surface area contributed by atoms with Crippen LogP contribution >= 0.6 is 0 Å². The van der Waals surface area contributed by atoms with Crippen molar-refractivity contribution in [1.82, 2.24) is 4.90 Å². The number of carboxylic acid groups (broad SMARTS) is 1. The quantitative estimate of drug-likeness (QED) is 0.425. The second-order valence-electron chi connectivity index (χ2n) is 7.01. The van der Waals surface area contributed by atoms with Crippen LogP contribution in [0.15, 0.2) is 0 Å². The molecule has 0 saturated carbocycles. The van der Waals surface area contributed by atoms with Gasteiger partial charge in [0.05, 0.1) is 25.4 Å². The van der Waals surface area contributed by atoms with Crippen molar-refractivity contribution < 1.29 is 29.0 Å². The first-order valence-corrected chi connectivity index (χ1v) is 8.89. The Morgan fingerprint density at radius 3 is 2.28 bits per heavy atom. The Hall–Kier alpha value is -1.67. The first kappa shape index (κ1) is 19.7. The van der Waals surface area contributed by atoms with Crippen LogP contribution in [0.5, 0.6) is 0 Å². The zero-order valence-corrected chi connectivity index (χ0v) is 14.8. The van der Waals surface area contributed by atoms with Gasteiger partial charge in [0.15, 0.2) is 0 Å². The van der Waals surface area contributed by atoms with E-state index >= 15 is 0 Å². The van der Waals surface area contributed by atoms with E-state index in [-0.39, 0.29) is 24.0 Å². The molecule has 5 unspecified atom stereocenters. The fourth-order valence-corrected chi connectivity index (χ4v) is 3.63. The van der Waals surface area contributed by atoms with Gasteiger partial charge in [0.2, 0.25) is 5.91 Å². The number of carbonyl (C=O) groups excluding carboxylic acids is 2. The van der Waals surface area contributed by atoms with Crippen molar-refractivity contribution in [2.45, 2.75) is 64.2 Å². The van der Waals surface area contributed by atoms with Crippen LogP contribution < -0.4 is 5.73 Å². The van der Waals surface area contributed by atoms with Gasteiger partial charge in [-0.05, 0) is 37.5 Å². The van der Waals surface area contributed by atoms with E-state index in [1.54, 1.807) is 0 Å². The molecule has 142 valence electrons. The van der Waals surface area contributed by atoms with E-state index in [9.17, 15) is 14.4 Å². The number of carbonyl (C=O) groups is 3. The van der Waals surface area contributed by atoms with Crippen LogP contribution in [0.3, 0.4) is 0 Å². The molecule has 0 aromatic heterocycles. The summed E-state index contributed by atoms with van der Waals surface area (Å²) in [5, 5.41) is 8.90. The molecule has 8 nitrogen and oxygen atoms in total. The molecule has 3 N–H and O–H groups in total. The molecular weight excluding hydrogens is 328 g/mol. The number of amides is 3. The molecule has 0 bridgehead atoms. The van der Waals surface area contributed by atoms with Crippen molar-refractivity contribution in [3.8, 4) is 0 Å². The lowest BCUT2D eigenvalue weighted by molar-refractivity contribution is -0.144. The van der Waals surface area contributed by atoms with Gasteiger partial charge in [-0.15, -0.1) is 0 Å². The molecule has 5 atom stereocenters. The summed E-state index contributed by atoms with van der Waals surface area (Å²) in [5.74, 6) is -1.78. The molecule has 2 saturated heterocycles. The van der Waals surface area contributed by atoms with Crippen LogP contribution in [-0.2, 0) is 19.1 Å². The molecule has 25 heavy (non-hydrogen) atoms. The van der Waals surface area contributed by atoms with Crippen molar-refractivity contribution in [3.05, 3.63) is 0 Å². The molecule has 0 aromatic rings. The number of nitrogens with two attached hydrogens (primary N) is 1. The van der Waals surface area contributed by atoms with E-state index in [0.29, 0.717) is 6.42 Å². The van der Waals surface area contributed by atoms with Gasteiger partial charge in [0.25, 0.3) is 0 Å². The van der Waals surface area contributed by atoms with Gasteiger partial charge in [0, 0.05) is 6.04 Å². The van der Waals surface area contributed by atoms with Gasteiger partial charge in [-0.1, -0.05) is 13.8 Å². The molecule has 0 radical (unpaired) electrons. The fraction of sp³-hybridized carbons (Fsp3) is 0.824. The standard InChI is InChI=1S/C17H28N2O6/c1-3-14(19(17(18)23)15(20)7-16(21)22)13(5-4-11-8-24-11)10(2)6-12-9-25-12/h10-14H,3-9H2,1-2H3,(H2,18,23)(H,21,22). The van der Waals surface area contributed by atoms with Crippen molar-refractivity contribution in [3.63, 3.8) is 0 Å². The predicted octanol–water partition coefficient (Wildman–Crippen LogP) is 1.37. The maximum absolute atomic E-state index is 12.3. The highest BCUT2D eigenvalue weighted by Gasteiger charge is 2.39. The highest BCUT2D eigenvalue weighted by Crippen LogP contribution is 2.34. The van der Waals surface area contributed by atoms with Gasteiger partial charge in [0.1, 0.15) is 6.42 Å². The first-order valence-electron chi connectivity index (χ1n) is 8.89. The maximum atomic E-state index is 12.3. The van der Waals surface area contributed by atoms with Crippen LogP contribution in [0.25, 0.3) is 0 Å². The summed E-state index contributed by atoms with van der Waals surface area (Å²) in [5.41, 5.74) is 5.43. The first-order chi connectivity index (χ1) is 11.8. The van der Waals surface area contributed by atoms with E-state index < -0.39 is 30.4 Å². The largest absolute Gasteiger partial charge is 0.481 e. The number of carboxylic acids is 1. The number of hydrogen-bond donors (Lipinski definition) is 2. The third kappa shape index (κ3) is 5.97. The number of ether oxygens (including phenoxy) is 2. The van der Waals surface area contributed by atoms with Gasteiger partial charge in [-0.3, -0.25) is 14.5 Å². The molecule has 0 aliphatic carbocycles. The topological polar surface area (TPSA) is 126 Å². The van der Waals surface area contributed by atoms with Crippen LogP contribution in [0.1, 0.15) is 46.0 Å². The summed E-state index contributed by atoms with van der Waals surface area (Å²) in [6.07, 6.45) is 2.79. The van der Waals surface area contributed by atoms with Crippen LogP contribution in [0, 0.1) is 11.8 Å². The minimum atomic E-state index is -1.27. The lowest BCUT2D eigenvalue weighted by Crippen LogP contribution is -2.52. The number of primary amides is 1. The number of hydrogen-bond acceptors (Lipinski definition) is 5. The van der Waals surface area contributed by atoms with E-state index in [4.69, 9.17) is 20.3 Å². The summed E-state index contributed by atoms with van der Waals surface area (Å²) in [6, 6.07) is -1.31. The lowest BCUT2D eigenvalue weighted by Gasteiger charge is -2.37. The average Bonchev–Trinajstić information content (AvgIpc) is 3.39. The number of rotatable bonds is 11. The lowest BCUT2D eigenvalue weighted by atomic mass is 9.79. The summed E-state index contributed by atoms with van der Waals surface area (Å²) < 4.78 is 10.6. The molecule has 2 fully saturated rings. The number of urea groups is 1. The van der Waals surface area contributed by atoms with Crippen molar-refractivity contribution in [1.29, 1.82) is 0 Å². The summed E-state index contributed by atoms with van der Waals surface area (Å²) >= 11 is 0. The number of epoxide rings is 2. The zero-order chi connectivity index (χ0) is 18.6. The normalized spacial score (nSPS) is 24.9. The molecule has 2 heterocycles. The summed E-state index contributed by atoms with van der Waals surface area (Å²) in [4.78, 5) is 36.1. The van der Waals surface area contributed by atoms with E-state index in [2.05, 4.69) is 6.92 Å². The molecule has 0 spiro atoms. The van der Waals surface area contributed by atoms with Crippen molar-refractivity contribution >= 4 is 17.9 Å². The smallest absolute Gasteiger partial charge is 0.321 e. The second kappa shape index (κ2) is 8.62. The van der Waals surface area contributed by atoms with Gasteiger partial charge in [-0.25, -0.2) is 4.79 Å². The van der Waals surface area contributed by atoms with Gasteiger partial charge < -0.3 is 20.3 Å². The molecule has 0 aromatic carbocycles. The Labute approximate surface area is 147 Å². The van der Waals surface area contributed by atoms with E-state index in [1.165, 1.54) is 0 Å². The van der Waals surface area contributed by atoms with Crippen LogP contribution in [0.2, 0.25) is 0 Å². The van der Waals surface area contributed by atoms with E-state index in [0.717, 1.165) is 37.4 Å².